The van der Waals surface area contributed by atoms with E-state index in [1.165, 1.54) is 0 Å². The van der Waals surface area contributed by atoms with Crippen LogP contribution in [-0.4, -0.2) is 29.0 Å². The first-order chi connectivity index (χ1) is 6.70. The second kappa shape index (κ2) is 1.87. The lowest BCUT2D eigenvalue weighted by Crippen LogP contribution is -2.39. The number of hydrogen-bond acceptors (Lipinski definition) is 4. The van der Waals surface area contributed by atoms with Crippen LogP contribution in [0.2, 0.25) is 0 Å². The molecular formula is C9H10N2O3. The van der Waals surface area contributed by atoms with E-state index >= 15 is 0 Å². The Bertz CT molecular complexity index is 337. The summed E-state index contributed by atoms with van der Waals surface area (Å²) in [5, 5.41) is 0.819. The second-order valence-corrected chi connectivity index (χ2v) is 4.73. The molecule has 0 aromatic rings. The van der Waals surface area contributed by atoms with Gasteiger partial charge in [-0.05, 0) is 6.42 Å². The third kappa shape index (κ3) is 0.551. The lowest BCUT2D eigenvalue weighted by molar-refractivity contribution is -0.141. The Kier molecular flexibility index (Phi) is 0.986. The van der Waals surface area contributed by atoms with Crippen LogP contribution in [0.15, 0.2) is 0 Å². The molecule has 4 aliphatic rings. The van der Waals surface area contributed by atoms with E-state index < -0.39 is 0 Å². The largest absolute Gasteiger partial charge is 0.369 e. The van der Waals surface area contributed by atoms with Gasteiger partial charge in [0.05, 0.1) is 24.0 Å². The molecule has 2 saturated carbocycles. The summed E-state index contributed by atoms with van der Waals surface area (Å²) in [5.41, 5.74) is 0. The molecule has 2 bridgehead atoms. The van der Waals surface area contributed by atoms with E-state index in [1.54, 1.807) is 0 Å². The molecule has 6 unspecified atom stereocenters. The molecule has 2 aliphatic carbocycles. The van der Waals surface area contributed by atoms with Gasteiger partial charge >= 0.3 is 0 Å². The van der Waals surface area contributed by atoms with E-state index in [0.717, 1.165) is 11.4 Å². The number of nitrogens with zero attached hydrogens (tertiary/aromatic N) is 1. The van der Waals surface area contributed by atoms with Gasteiger partial charge in [-0.3, -0.25) is 9.59 Å². The quantitative estimate of drug-likeness (QED) is 0.229. The molecule has 2 saturated heterocycles. The number of carbonyl (C=O) groups is 2. The second-order valence-electron chi connectivity index (χ2n) is 4.73. The summed E-state index contributed by atoms with van der Waals surface area (Å²) in [6.07, 6.45) is 1.49. The van der Waals surface area contributed by atoms with Gasteiger partial charge in [0.2, 0.25) is 11.8 Å². The van der Waals surface area contributed by atoms with E-state index in [9.17, 15) is 9.59 Å². The van der Waals surface area contributed by atoms with Crippen molar-refractivity contribution in [2.45, 2.75) is 18.6 Å². The Labute approximate surface area is 80.1 Å². The van der Waals surface area contributed by atoms with Gasteiger partial charge < -0.3 is 4.74 Å². The molecule has 2 N–H and O–H groups in total. The zero-order chi connectivity index (χ0) is 9.61. The molecule has 0 spiro atoms. The zero-order valence-corrected chi connectivity index (χ0v) is 7.42. The number of amides is 2. The highest BCUT2D eigenvalue weighted by Gasteiger charge is 2.73. The maximum Gasteiger partial charge on any atom is 0.247 e. The summed E-state index contributed by atoms with van der Waals surface area (Å²) < 4.78 is 5.44. The van der Waals surface area contributed by atoms with Crippen molar-refractivity contribution in [3.8, 4) is 0 Å². The number of nitrogens with two attached hydrogens (primary N) is 1. The van der Waals surface area contributed by atoms with Gasteiger partial charge in [0.1, 0.15) is 0 Å². The summed E-state index contributed by atoms with van der Waals surface area (Å²) in [4.78, 5) is 23.4. The maximum absolute atomic E-state index is 11.7. The smallest absolute Gasteiger partial charge is 0.247 e. The van der Waals surface area contributed by atoms with Gasteiger partial charge in [0.15, 0.2) is 0 Å². The topological polar surface area (TPSA) is 75.9 Å². The number of carbonyl (C=O) groups excluding carboxylic acids is 2. The van der Waals surface area contributed by atoms with Crippen molar-refractivity contribution < 1.29 is 14.3 Å². The van der Waals surface area contributed by atoms with E-state index in [4.69, 9.17) is 10.6 Å². The third-order valence-corrected chi connectivity index (χ3v) is 4.30. The fourth-order valence-electron chi connectivity index (χ4n) is 3.75. The van der Waals surface area contributed by atoms with Crippen LogP contribution in [0.25, 0.3) is 0 Å². The predicted octanol–water partition coefficient (Wildman–Crippen LogP) is -1.12. The van der Waals surface area contributed by atoms with Crippen LogP contribution in [-0.2, 0) is 14.3 Å². The number of hydrazine groups is 1. The number of epoxide rings is 1. The molecule has 5 heteroatoms. The van der Waals surface area contributed by atoms with Gasteiger partial charge in [0.25, 0.3) is 0 Å². The molecule has 2 heterocycles. The normalized spacial score (nSPS) is 57.9. The molecule has 5 nitrogen and oxygen atoms in total. The summed E-state index contributed by atoms with van der Waals surface area (Å²) in [7, 11) is 0. The van der Waals surface area contributed by atoms with Crippen molar-refractivity contribution in [2.24, 2.45) is 29.5 Å². The summed E-state index contributed by atoms with van der Waals surface area (Å²) in [6, 6.07) is 0. The first-order valence-corrected chi connectivity index (χ1v) is 4.98. The Morgan fingerprint density at radius 1 is 1.14 bits per heavy atom. The minimum atomic E-state index is -0.193. The van der Waals surface area contributed by atoms with Crippen LogP contribution in [0.4, 0.5) is 0 Å². The van der Waals surface area contributed by atoms with Crippen LogP contribution in [0.3, 0.4) is 0 Å². The van der Waals surface area contributed by atoms with Gasteiger partial charge in [-0.25, -0.2) is 10.9 Å². The first-order valence-electron chi connectivity index (χ1n) is 4.98. The van der Waals surface area contributed by atoms with Crippen LogP contribution >= 0.6 is 0 Å². The van der Waals surface area contributed by atoms with Crippen molar-refractivity contribution in [3.63, 3.8) is 0 Å². The fourth-order valence-corrected chi connectivity index (χ4v) is 3.75. The lowest BCUT2D eigenvalue weighted by Gasteiger charge is -2.15. The number of imide groups is 1. The van der Waals surface area contributed by atoms with Gasteiger partial charge in [0, 0.05) is 11.8 Å². The minimum Gasteiger partial charge on any atom is -0.369 e. The van der Waals surface area contributed by atoms with E-state index in [2.05, 4.69) is 0 Å². The van der Waals surface area contributed by atoms with Crippen molar-refractivity contribution >= 4 is 11.8 Å². The summed E-state index contributed by atoms with van der Waals surface area (Å²) >= 11 is 0. The molecule has 14 heavy (non-hydrogen) atoms. The Morgan fingerprint density at radius 3 is 2.14 bits per heavy atom. The first kappa shape index (κ1) is 7.36. The number of hydrogen-bond donors (Lipinski definition) is 1. The molecule has 2 amide bonds. The van der Waals surface area contributed by atoms with Gasteiger partial charge in [-0.15, -0.1) is 0 Å². The summed E-state index contributed by atoms with van der Waals surface area (Å²) in [5.74, 6) is 5.23. The Balaban J connectivity index is 1.82. The molecule has 2 aliphatic heterocycles. The highest BCUT2D eigenvalue weighted by Crippen LogP contribution is 2.63. The average molecular weight is 194 g/mol. The van der Waals surface area contributed by atoms with E-state index in [0.29, 0.717) is 0 Å². The highest BCUT2D eigenvalue weighted by atomic mass is 16.6. The molecule has 74 valence electrons. The number of rotatable bonds is 0. The molecule has 0 aromatic carbocycles. The van der Waals surface area contributed by atoms with Gasteiger partial charge in [-0.2, -0.15) is 0 Å². The molecule has 4 rings (SSSR count). The van der Waals surface area contributed by atoms with Gasteiger partial charge in [-0.1, -0.05) is 0 Å². The SMILES string of the molecule is NN1C(=O)C2C3CC(C4OC34)C2C1=O. The van der Waals surface area contributed by atoms with Crippen molar-refractivity contribution in [3.05, 3.63) is 0 Å². The minimum absolute atomic E-state index is 0.166. The zero-order valence-electron chi connectivity index (χ0n) is 7.42. The number of fused-ring (bicyclic) bond motifs is 8. The molecule has 4 fully saturated rings. The average Bonchev–Trinajstić information content (AvgIpc) is 2.74. The third-order valence-electron chi connectivity index (χ3n) is 4.30. The predicted molar refractivity (Wildman–Crippen MR) is 43.3 cm³/mol. The fraction of sp³-hybridized carbons (Fsp3) is 0.778. The molecule has 0 radical (unpaired) electrons. The molecular weight excluding hydrogens is 184 g/mol. The Hall–Kier alpha value is -0.940. The molecule has 6 atom stereocenters. The summed E-state index contributed by atoms with van der Waals surface area (Å²) in [6.45, 7) is 0. The van der Waals surface area contributed by atoms with Crippen LogP contribution in [0.1, 0.15) is 6.42 Å². The highest BCUT2D eigenvalue weighted by molar-refractivity contribution is 6.05. The van der Waals surface area contributed by atoms with Crippen molar-refractivity contribution in [1.82, 2.24) is 5.01 Å². The van der Waals surface area contributed by atoms with Crippen LogP contribution in [0.5, 0.6) is 0 Å². The van der Waals surface area contributed by atoms with E-state index in [1.807, 2.05) is 0 Å². The lowest BCUT2D eigenvalue weighted by atomic mass is 9.81. The monoisotopic (exact) mass is 194 g/mol. The van der Waals surface area contributed by atoms with Crippen LogP contribution in [0, 0.1) is 23.7 Å². The number of ether oxygens (including phenoxy) is 1. The maximum atomic E-state index is 11.7. The van der Waals surface area contributed by atoms with Crippen molar-refractivity contribution in [1.29, 1.82) is 0 Å². The Morgan fingerprint density at radius 2 is 1.64 bits per heavy atom. The molecule has 0 aromatic heterocycles. The van der Waals surface area contributed by atoms with E-state index in [-0.39, 0.29) is 47.7 Å². The van der Waals surface area contributed by atoms with Crippen LogP contribution < -0.4 is 5.84 Å². The van der Waals surface area contributed by atoms with Crippen molar-refractivity contribution in [2.75, 3.05) is 0 Å². The standard InChI is InChI=1S/C9H10N2O3/c10-11-8(12)4-2-1-3(5(4)9(11)13)7-6(2)14-7/h2-7H,1,10H2.